The number of hydrogen-bond acceptors (Lipinski definition) is 2. The second-order valence-corrected chi connectivity index (χ2v) is 4.32. The third-order valence-electron chi connectivity index (χ3n) is 3.00. The molecule has 90 valence electrons. The molecule has 0 aliphatic carbocycles. The zero-order chi connectivity index (χ0) is 12.5. The van der Waals surface area contributed by atoms with Crippen molar-refractivity contribution in [2.75, 3.05) is 7.11 Å². The standard InChI is InChI=1S/C15H14N2O/c1-11-6-7-13-9-16-15(17(13)10-11)12-4-3-5-14(8-12)18-2/h3-10H,1-2H3. The minimum Gasteiger partial charge on any atom is -0.497 e. The van der Waals surface area contributed by atoms with Crippen LogP contribution in [-0.2, 0) is 0 Å². The first kappa shape index (κ1) is 10.8. The monoisotopic (exact) mass is 238 g/mol. The van der Waals surface area contributed by atoms with Crippen LogP contribution in [-0.4, -0.2) is 16.5 Å². The summed E-state index contributed by atoms with van der Waals surface area (Å²) >= 11 is 0. The molecule has 3 rings (SSSR count). The molecule has 0 spiro atoms. The van der Waals surface area contributed by atoms with Crippen LogP contribution in [0.25, 0.3) is 16.9 Å². The number of benzene rings is 1. The maximum atomic E-state index is 5.25. The minimum absolute atomic E-state index is 0.844. The molecule has 1 aromatic carbocycles. The maximum absolute atomic E-state index is 5.25. The summed E-state index contributed by atoms with van der Waals surface area (Å²) in [6.45, 7) is 2.08. The summed E-state index contributed by atoms with van der Waals surface area (Å²) in [5.74, 6) is 1.78. The largest absolute Gasteiger partial charge is 0.497 e. The van der Waals surface area contributed by atoms with Crippen LogP contribution < -0.4 is 4.74 Å². The molecule has 0 radical (unpaired) electrons. The second-order valence-electron chi connectivity index (χ2n) is 4.32. The number of hydrogen-bond donors (Lipinski definition) is 0. The van der Waals surface area contributed by atoms with E-state index in [1.165, 1.54) is 5.56 Å². The van der Waals surface area contributed by atoms with Gasteiger partial charge in [-0.3, -0.25) is 4.40 Å². The van der Waals surface area contributed by atoms with Crippen molar-refractivity contribution in [2.24, 2.45) is 0 Å². The zero-order valence-electron chi connectivity index (χ0n) is 10.4. The number of aryl methyl sites for hydroxylation is 1. The van der Waals surface area contributed by atoms with E-state index in [1.54, 1.807) is 7.11 Å². The highest BCUT2D eigenvalue weighted by Crippen LogP contribution is 2.24. The number of imidazole rings is 1. The molecular weight excluding hydrogens is 224 g/mol. The van der Waals surface area contributed by atoms with E-state index in [1.807, 2.05) is 30.5 Å². The molecule has 0 aliphatic heterocycles. The lowest BCUT2D eigenvalue weighted by Gasteiger charge is -2.05. The molecule has 2 heterocycles. The molecule has 0 fully saturated rings. The molecule has 0 atom stereocenters. The van der Waals surface area contributed by atoms with Crippen LogP contribution in [0.1, 0.15) is 5.56 Å². The van der Waals surface area contributed by atoms with E-state index < -0.39 is 0 Å². The summed E-state index contributed by atoms with van der Waals surface area (Å²) in [5.41, 5.74) is 3.36. The van der Waals surface area contributed by atoms with Gasteiger partial charge in [-0.25, -0.2) is 4.98 Å². The average Bonchev–Trinajstić information content (AvgIpc) is 2.81. The van der Waals surface area contributed by atoms with E-state index in [0.29, 0.717) is 0 Å². The highest BCUT2D eigenvalue weighted by atomic mass is 16.5. The van der Waals surface area contributed by atoms with Gasteiger partial charge in [0, 0.05) is 11.8 Å². The molecule has 2 aromatic heterocycles. The number of methoxy groups -OCH3 is 1. The molecule has 0 saturated carbocycles. The fraction of sp³-hybridized carbons (Fsp3) is 0.133. The molecule has 0 bridgehead atoms. The van der Waals surface area contributed by atoms with Gasteiger partial charge in [-0.05, 0) is 30.7 Å². The quantitative estimate of drug-likeness (QED) is 0.684. The molecule has 0 aliphatic rings. The van der Waals surface area contributed by atoms with Crippen molar-refractivity contribution in [2.45, 2.75) is 6.92 Å². The van der Waals surface area contributed by atoms with E-state index in [0.717, 1.165) is 22.7 Å². The van der Waals surface area contributed by atoms with Crippen molar-refractivity contribution in [1.82, 2.24) is 9.38 Å². The maximum Gasteiger partial charge on any atom is 0.144 e. The SMILES string of the molecule is COc1cccc(-c2ncc3ccc(C)cn23)c1. The van der Waals surface area contributed by atoms with Gasteiger partial charge < -0.3 is 4.74 Å². The Hall–Kier alpha value is -2.29. The molecule has 0 N–H and O–H groups in total. The van der Waals surface area contributed by atoms with E-state index in [2.05, 4.69) is 34.6 Å². The van der Waals surface area contributed by atoms with Gasteiger partial charge in [-0.1, -0.05) is 18.2 Å². The van der Waals surface area contributed by atoms with Gasteiger partial charge in [0.05, 0.1) is 18.8 Å². The lowest BCUT2D eigenvalue weighted by molar-refractivity contribution is 0.415. The lowest BCUT2D eigenvalue weighted by atomic mass is 10.2. The van der Waals surface area contributed by atoms with Gasteiger partial charge in [-0.2, -0.15) is 0 Å². The van der Waals surface area contributed by atoms with Crippen molar-refractivity contribution < 1.29 is 4.74 Å². The summed E-state index contributed by atoms with van der Waals surface area (Å²) in [6.07, 6.45) is 3.98. The fourth-order valence-electron chi connectivity index (χ4n) is 2.07. The van der Waals surface area contributed by atoms with Crippen LogP contribution in [0.2, 0.25) is 0 Å². The van der Waals surface area contributed by atoms with E-state index >= 15 is 0 Å². The summed E-state index contributed by atoms with van der Waals surface area (Å²) < 4.78 is 7.35. The van der Waals surface area contributed by atoms with Crippen LogP contribution in [0.15, 0.2) is 48.8 Å². The second kappa shape index (κ2) is 4.18. The first-order chi connectivity index (χ1) is 8.78. The first-order valence-corrected chi connectivity index (χ1v) is 5.86. The van der Waals surface area contributed by atoms with Gasteiger partial charge in [-0.15, -0.1) is 0 Å². The summed E-state index contributed by atoms with van der Waals surface area (Å²) in [5, 5.41) is 0. The van der Waals surface area contributed by atoms with E-state index in [4.69, 9.17) is 4.74 Å². The fourth-order valence-corrected chi connectivity index (χ4v) is 2.07. The Morgan fingerprint density at radius 3 is 2.89 bits per heavy atom. The number of fused-ring (bicyclic) bond motifs is 1. The van der Waals surface area contributed by atoms with E-state index in [-0.39, 0.29) is 0 Å². The Morgan fingerprint density at radius 1 is 1.17 bits per heavy atom. The summed E-state index contributed by atoms with van der Waals surface area (Å²) in [7, 11) is 1.67. The third kappa shape index (κ3) is 1.74. The number of rotatable bonds is 2. The zero-order valence-corrected chi connectivity index (χ0v) is 10.4. The Labute approximate surface area is 106 Å². The molecule has 3 heteroatoms. The highest BCUT2D eigenvalue weighted by molar-refractivity contribution is 5.63. The predicted octanol–water partition coefficient (Wildman–Crippen LogP) is 3.32. The van der Waals surface area contributed by atoms with Crippen molar-refractivity contribution in [3.63, 3.8) is 0 Å². The topological polar surface area (TPSA) is 26.5 Å². The molecular formula is C15H14N2O. The van der Waals surface area contributed by atoms with Crippen molar-refractivity contribution in [3.05, 3.63) is 54.4 Å². The molecule has 0 unspecified atom stereocenters. The number of aromatic nitrogens is 2. The Morgan fingerprint density at radius 2 is 2.06 bits per heavy atom. The Bertz CT molecular complexity index is 701. The smallest absolute Gasteiger partial charge is 0.144 e. The molecule has 0 amide bonds. The van der Waals surface area contributed by atoms with Crippen LogP contribution >= 0.6 is 0 Å². The van der Waals surface area contributed by atoms with Crippen LogP contribution in [0, 0.1) is 6.92 Å². The normalized spacial score (nSPS) is 10.8. The van der Waals surface area contributed by atoms with Crippen LogP contribution in [0.3, 0.4) is 0 Å². The Balaban J connectivity index is 2.21. The average molecular weight is 238 g/mol. The molecule has 0 saturated heterocycles. The van der Waals surface area contributed by atoms with Gasteiger partial charge in [0.1, 0.15) is 11.6 Å². The highest BCUT2D eigenvalue weighted by Gasteiger charge is 2.07. The van der Waals surface area contributed by atoms with Gasteiger partial charge in [0.25, 0.3) is 0 Å². The number of pyridine rings is 1. The third-order valence-corrected chi connectivity index (χ3v) is 3.00. The molecule has 3 aromatic rings. The van der Waals surface area contributed by atoms with Crippen molar-refractivity contribution in [1.29, 1.82) is 0 Å². The van der Waals surface area contributed by atoms with Gasteiger partial charge in [0.2, 0.25) is 0 Å². The van der Waals surface area contributed by atoms with E-state index in [9.17, 15) is 0 Å². The van der Waals surface area contributed by atoms with Crippen molar-refractivity contribution in [3.8, 4) is 17.1 Å². The van der Waals surface area contributed by atoms with Gasteiger partial charge >= 0.3 is 0 Å². The summed E-state index contributed by atoms with van der Waals surface area (Å²) in [6, 6.07) is 12.1. The lowest BCUT2D eigenvalue weighted by Crippen LogP contribution is -1.91. The van der Waals surface area contributed by atoms with Crippen molar-refractivity contribution >= 4 is 5.52 Å². The van der Waals surface area contributed by atoms with Crippen LogP contribution in [0.4, 0.5) is 0 Å². The predicted molar refractivity (Wildman–Crippen MR) is 71.9 cm³/mol. The molecule has 18 heavy (non-hydrogen) atoms. The number of nitrogens with zero attached hydrogens (tertiary/aromatic N) is 2. The first-order valence-electron chi connectivity index (χ1n) is 5.86. The number of ether oxygens (including phenoxy) is 1. The minimum atomic E-state index is 0.844. The van der Waals surface area contributed by atoms with Gasteiger partial charge in [0.15, 0.2) is 0 Å². The molecule has 3 nitrogen and oxygen atoms in total. The summed E-state index contributed by atoms with van der Waals surface area (Å²) in [4.78, 5) is 4.49. The van der Waals surface area contributed by atoms with Crippen LogP contribution in [0.5, 0.6) is 5.75 Å². The Kier molecular flexibility index (Phi) is 2.52.